The summed E-state index contributed by atoms with van der Waals surface area (Å²) in [6, 6.07) is 11.3. The summed E-state index contributed by atoms with van der Waals surface area (Å²) in [6.07, 6.45) is 1.74. The van der Waals surface area contributed by atoms with E-state index < -0.39 is 5.76 Å². The number of H-pyrrole nitrogens is 1. The number of aromatic nitrogens is 3. The maximum Gasteiger partial charge on any atom is 0.417 e. The summed E-state index contributed by atoms with van der Waals surface area (Å²) < 4.78 is 5.06. The van der Waals surface area contributed by atoms with Crippen LogP contribution in [0.5, 0.6) is 0 Å². The van der Waals surface area contributed by atoms with Crippen molar-refractivity contribution in [1.29, 1.82) is 0 Å². The number of likely N-dealkylation sites (N-methyl/N-ethyl adjacent to an activating group) is 1. The van der Waals surface area contributed by atoms with Gasteiger partial charge >= 0.3 is 5.76 Å². The molecule has 3 heterocycles. The summed E-state index contributed by atoms with van der Waals surface area (Å²) in [7, 11) is 2.12. The number of aliphatic hydroxyl groups is 1. The molecule has 1 aliphatic heterocycles. The van der Waals surface area contributed by atoms with Crippen LogP contribution in [0.1, 0.15) is 11.1 Å². The Morgan fingerprint density at radius 3 is 2.65 bits per heavy atom. The van der Waals surface area contributed by atoms with Gasteiger partial charge < -0.3 is 30.0 Å². The maximum absolute atomic E-state index is 11.4. The summed E-state index contributed by atoms with van der Waals surface area (Å²) in [5.41, 5.74) is 5.45. The van der Waals surface area contributed by atoms with E-state index in [1.807, 2.05) is 31.2 Å². The monoisotopic (exact) mass is 461 g/mol. The lowest BCUT2D eigenvalue weighted by Crippen LogP contribution is -2.44. The standard InChI is InChI=1S/C24H27N7O3/c1-15-13-25-23(29-22(15)26-18-4-6-21-19(12-18)28-24(33)34-21)27-17-3-5-20(16(11-17)14-32)31-9-7-30(2)8-10-31/h3-6,11-13,32H,7-10,14H2,1-2H3,(H,28,33)(H2,25,26,27,29). The summed E-state index contributed by atoms with van der Waals surface area (Å²) in [4.78, 5) is 27.7. The van der Waals surface area contributed by atoms with Gasteiger partial charge in [-0.05, 0) is 50.4 Å². The normalized spacial score (nSPS) is 14.5. The lowest BCUT2D eigenvalue weighted by Gasteiger charge is -2.35. The minimum Gasteiger partial charge on any atom is -0.408 e. The van der Waals surface area contributed by atoms with E-state index in [0.29, 0.717) is 22.9 Å². The van der Waals surface area contributed by atoms with Gasteiger partial charge in [-0.2, -0.15) is 4.98 Å². The molecule has 0 saturated carbocycles. The molecule has 5 rings (SSSR count). The van der Waals surface area contributed by atoms with E-state index in [1.54, 1.807) is 18.3 Å². The molecule has 10 nitrogen and oxygen atoms in total. The first kappa shape index (κ1) is 21.9. The summed E-state index contributed by atoms with van der Waals surface area (Å²) in [5, 5.41) is 16.5. The molecule has 1 saturated heterocycles. The number of aliphatic hydroxyl groups excluding tert-OH is 1. The van der Waals surface area contributed by atoms with Crippen molar-refractivity contribution in [3.8, 4) is 0 Å². The fourth-order valence-electron chi connectivity index (χ4n) is 4.07. The molecule has 4 N–H and O–H groups in total. The number of oxazole rings is 1. The zero-order valence-corrected chi connectivity index (χ0v) is 19.1. The van der Waals surface area contributed by atoms with Crippen LogP contribution in [-0.2, 0) is 6.61 Å². The lowest BCUT2D eigenvalue weighted by molar-refractivity contribution is 0.280. The van der Waals surface area contributed by atoms with Gasteiger partial charge in [0.25, 0.3) is 0 Å². The molecule has 4 aromatic rings. The van der Waals surface area contributed by atoms with Crippen LogP contribution in [0.3, 0.4) is 0 Å². The first-order chi connectivity index (χ1) is 16.5. The Kier molecular flexibility index (Phi) is 5.91. The highest BCUT2D eigenvalue weighted by molar-refractivity contribution is 5.78. The van der Waals surface area contributed by atoms with E-state index >= 15 is 0 Å². The molecule has 0 aliphatic carbocycles. The van der Waals surface area contributed by atoms with Crippen molar-refractivity contribution < 1.29 is 9.52 Å². The lowest BCUT2D eigenvalue weighted by atomic mass is 10.1. The highest BCUT2D eigenvalue weighted by Crippen LogP contribution is 2.28. The first-order valence-electron chi connectivity index (χ1n) is 11.2. The topological polar surface area (TPSA) is 123 Å². The molecule has 0 bridgehead atoms. The first-order valence-corrected chi connectivity index (χ1v) is 11.2. The van der Waals surface area contributed by atoms with E-state index in [9.17, 15) is 9.90 Å². The molecule has 176 valence electrons. The Labute approximate surface area is 196 Å². The molecule has 0 amide bonds. The van der Waals surface area contributed by atoms with Crippen LogP contribution in [0, 0.1) is 6.92 Å². The Balaban J connectivity index is 1.35. The van der Waals surface area contributed by atoms with Crippen LogP contribution in [-0.4, -0.2) is 58.2 Å². The van der Waals surface area contributed by atoms with Gasteiger partial charge in [0, 0.05) is 60.6 Å². The Hall–Kier alpha value is -3.89. The Morgan fingerprint density at radius 2 is 1.85 bits per heavy atom. The van der Waals surface area contributed by atoms with Crippen molar-refractivity contribution in [2.75, 3.05) is 48.8 Å². The van der Waals surface area contributed by atoms with Crippen molar-refractivity contribution in [2.24, 2.45) is 0 Å². The van der Waals surface area contributed by atoms with Crippen LogP contribution >= 0.6 is 0 Å². The summed E-state index contributed by atoms with van der Waals surface area (Å²) in [5.74, 6) is 0.582. The molecular formula is C24H27N7O3. The minimum atomic E-state index is -0.488. The fourth-order valence-corrected chi connectivity index (χ4v) is 4.07. The number of nitrogens with one attached hydrogen (secondary N) is 3. The third-order valence-electron chi connectivity index (χ3n) is 6.00. The van der Waals surface area contributed by atoms with E-state index in [0.717, 1.165) is 54.4 Å². The van der Waals surface area contributed by atoms with E-state index in [4.69, 9.17) is 4.42 Å². The number of nitrogens with zero attached hydrogens (tertiary/aromatic N) is 4. The van der Waals surface area contributed by atoms with Crippen LogP contribution < -0.4 is 21.3 Å². The van der Waals surface area contributed by atoms with Crippen LogP contribution in [0.15, 0.2) is 51.8 Å². The Bertz CT molecular complexity index is 1370. The molecule has 1 aliphatic rings. The van der Waals surface area contributed by atoms with E-state index in [1.165, 1.54) is 0 Å². The number of anilines is 5. The molecule has 2 aromatic carbocycles. The van der Waals surface area contributed by atoms with Gasteiger partial charge in [0.1, 0.15) is 5.82 Å². The largest absolute Gasteiger partial charge is 0.417 e. The van der Waals surface area contributed by atoms with Crippen LogP contribution in [0.25, 0.3) is 11.1 Å². The molecule has 0 atom stereocenters. The van der Waals surface area contributed by atoms with Crippen molar-refractivity contribution >= 4 is 39.9 Å². The Morgan fingerprint density at radius 1 is 1.09 bits per heavy atom. The molecule has 2 aromatic heterocycles. The van der Waals surface area contributed by atoms with Crippen molar-refractivity contribution in [3.05, 3.63) is 64.3 Å². The highest BCUT2D eigenvalue weighted by atomic mass is 16.4. The molecule has 10 heteroatoms. The zero-order chi connectivity index (χ0) is 23.7. The third-order valence-corrected chi connectivity index (χ3v) is 6.00. The molecule has 34 heavy (non-hydrogen) atoms. The van der Waals surface area contributed by atoms with Gasteiger partial charge in [-0.15, -0.1) is 0 Å². The summed E-state index contributed by atoms with van der Waals surface area (Å²) in [6.45, 7) is 5.75. The van der Waals surface area contributed by atoms with Crippen LogP contribution in [0.4, 0.5) is 28.8 Å². The zero-order valence-electron chi connectivity index (χ0n) is 19.1. The quantitative estimate of drug-likeness (QED) is 0.343. The molecule has 0 unspecified atom stereocenters. The van der Waals surface area contributed by atoms with E-state index in [-0.39, 0.29) is 6.61 Å². The summed E-state index contributed by atoms with van der Waals surface area (Å²) >= 11 is 0. The van der Waals surface area contributed by atoms with Gasteiger partial charge in [-0.3, -0.25) is 4.98 Å². The van der Waals surface area contributed by atoms with Gasteiger partial charge in [0.2, 0.25) is 5.95 Å². The van der Waals surface area contributed by atoms with Crippen LogP contribution in [0.2, 0.25) is 0 Å². The second-order valence-electron chi connectivity index (χ2n) is 8.49. The number of hydrogen-bond acceptors (Lipinski definition) is 9. The average Bonchev–Trinajstić information content (AvgIpc) is 3.21. The van der Waals surface area contributed by atoms with Gasteiger partial charge in [0.05, 0.1) is 12.1 Å². The molecule has 0 spiro atoms. The third kappa shape index (κ3) is 4.59. The number of fused-ring (bicyclic) bond motifs is 1. The van der Waals surface area contributed by atoms with Gasteiger partial charge in [-0.25, -0.2) is 9.78 Å². The van der Waals surface area contributed by atoms with E-state index in [2.05, 4.69) is 42.4 Å². The minimum absolute atomic E-state index is 0.0443. The molecule has 0 radical (unpaired) electrons. The average molecular weight is 462 g/mol. The number of piperazine rings is 1. The number of aromatic amines is 1. The second kappa shape index (κ2) is 9.16. The fraction of sp³-hybridized carbons (Fsp3) is 0.292. The second-order valence-corrected chi connectivity index (χ2v) is 8.49. The predicted molar refractivity (Wildman–Crippen MR) is 132 cm³/mol. The SMILES string of the molecule is Cc1cnc(Nc2ccc(N3CCN(C)CC3)c(CO)c2)nc1Nc1ccc2oc(=O)[nH]c2c1. The molecular weight excluding hydrogens is 434 g/mol. The number of rotatable bonds is 6. The number of hydrogen-bond donors (Lipinski definition) is 4. The van der Waals surface area contributed by atoms with Crippen molar-refractivity contribution in [2.45, 2.75) is 13.5 Å². The van der Waals surface area contributed by atoms with Crippen molar-refractivity contribution in [1.82, 2.24) is 19.9 Å². The molecule has 1 fully saturated rings. The highest BCUT2D eigenvalue weighted by Gasteiger charge is 2.17. The predicted octanol–water partition coefficient (Wildman–Crippen LogP) is 2.95. The maximum atomic E-state index is 11.4. The van der Waals surface area contributed by atoms with Crippen molar-refractivity contribution in [3.63, 3.8) is 0 Å². The smallest absolute Gasteiger partial charge is 0.408 e. The van der Waals surface area contributed by atoms with Gasteiger partial charge in [0.15, 0.2) is 5.58 Å². The number of aryl methyl sites for hydroxylation is 1. The van der Waals surface area contributed by atoms with Gasteiger partial charge in [-0.1, -0.05) is 0 Å². The number of benzene rings is 2.